The fourth-order valence-corrected chi connectivity index (χ4v) is 1.03. The predicted octanol–water partition coefficient (Wildman–Crippen LogP) is 2.15. The molecule has 0 heterocycles. The second kappa shape index (κ2) is 4.84. The lowest BCUT2D eigenvalue weighted by Crippen LogP contribution is -2.20. The van der Waals surface area contributed by atoms with E-state index >= 15 is 0 Å². The molecule has 70 valence electrons. The third-order valence-corrected chi connectivity index (χ3v) is 1.84. The monoisotopic (exact) mass is 245 g/mol. The van der Waals surface area contributed by atoms with Crippen LogP contribution in [0.15, 0.2) is 28.7 Å². The van der Waals surface area contributed by atoms with Gasteiger partial charge in [0.2, 0.25) is 0 Å². The lowest BCUT2D eigenvalue weighted by atomic mass is 10.2. The molecule has 1 amide bonds. The molecule has 0 aliphatic rings. The topological polar surface area (TPSA) is 58.6 Å². The van der Waals surface area contributed by atoms with Crippen molar-refractivity contribution in [3.63, 3.8) is 0 Å². The fourth-order valence-electron chi connectivity index (χ4n) is 0.762. The van der Waals surface area contributed by atoms with Gasteiger partial charge in [0.15, 0.2) is 0 Å². The molecule has 0 spiro atoms. The Morgan fingerprint density at radius 1 is 1.46 bits per heavy atom. The number of hydroxylamine groups is 1. The van der Waals surface area contributed by atoms with Crippen molar-refractivity contribution in [3.8, 4) is 0 Å². The maximum Gasteiger partial charge on any atom is 0.428 e. The summed E-state index contributed by atoms with van der Waals surface area (Å²) in [4.78, 5) is 14.7. The summed E-state index contributed by atoms with van der Waals surface area (Å²) >= 11 is 3.29. The summed E-state index contributed by atoms with van der Waals surface area (Å²) in [5, 5.41) is 8.19. The number of halogens is 1. The van der Waals surface area contributed by atoms with Crippen LogP contribution in [0.5, 0.6) is 0 Å². The molecule has 0 unspecified atom stereocenters. The van der Waals surface area contributed by atoms with Crippen molar-refractivity contribution in [1.29, 1.82) is 0 Å². The smallest absolute Gasteiger partial charge is 0.428 e. The number of nitrogens with one attached hydrogen (secondary N) is 1. The van der Waals surface area contributed by atoms with Crippen molar-refractivity contribution in [2.45, 2.75) is 6.61 Å². The maximum atomic E-state index is 10.0. The molecule has 4 nitrogen and oxygen atoms in total. The SMILES string of the molecule is O=C(O)NOCc1ccc(Br)cc1. The summed E-state index contributed by atoms with van der Waals surface area (Å²) in [7, 11) is 0. The highest BCUT2D eigenvalue weighted by Crippen LogP contribution is 2.10. The highest BCUT2D eigenvalue weighted by Gasteiger charge is 1.95. The van der Waals surface area contributed by atoms with Gasteiger partial charge in [-0.25, -0.2) is 4.79 Å². The predicted molar refractivity (Wildman–Crippen MR) is 50.1 cm³/mol. The Kier molecular flexibility index (Phi) is 3.72. The van der Waals surface area contributed by atoms with Crippen LogP contribution in [-0.4, -0.2) is 11.2 Å². The van der Waals surface area contributed by atoms with Crippen molar-refractivity contribution in [2.24, 2.45) is 0 Å². The lowest BCUT2D eigenvalue weighted by Gasteiger charge is -2.02. The minimum absolute atomic E-state index is 0.222. The average Bonchev–Trinajstić information content (AvgIpc) is 2.08. The largest absolute Gasteiger partial charge is 0.464 e. The number of hydrogen-bond acceptors (Lipinski definition) is 2. The van der Waals surface area contributed by atoms with Crippen LogP contribution in [0.1, 0.15) is 5.56 Å². The van der Waals surface area contributed by atoms with Crippen LogP contribution < -0.4 is 5.48 Å². The van der Waals surface area contributed by atoms with Crippen LogP contribution in [0.25, 0.3) is 0 Å². The first-order valence-electron chi connectivity index (χ1n) is 3.53. The van der Waals surface area contributed by atoms with E-state index in [1.54, 1.807) is 0 Å². The third kappa shape index (κ3) is 3.91. The van der Waals surface area contributed by atoms with Gasteiger partial charge in [-0.1, -0.05) is 28.1 Å². The standard InChI is InChI=1S/C8H8BrNO3/c9-7-3-1-6(2-4-7)5-13-10-8(11)12/h1-4,10H,5H2,(H,11,12). The molecule has 0 saturated heterocycles. The summed E-state index contributed by atoms with van der Waals surface area (Å²) in [5.74, 6) is 0. The van der Waals surface area contributed by atoms with Crippen LogP contribution in [-0.2, 0) is 11.4 Å². The molecule has 1 rings (SSSR count). The average molecular weight is 246 g/mol. The van der Waals surface area contributed by atoms with Gasteiger partial charge in [0.25, 0.3) is 0 Å². The van der Waals surface area contributed by atoms with E-state index in [9.17, 15) is 4.79 Å². The number of hydrogen-bond donors (Lipinski definition) is 2. The maximum absolute atomic E-state index is 10.0. The highest BCUT2D eigenvalue weighted by atomic mass is 79.9. The molecule has 0 aliphatic heterocycles. The molecule has 0 atom stereocenters. The van der Waals surface area contributed by atoms with Crippen molar-refractivity contribution < 1.29 is 14.7 Å². The molecular weight excluding hydrogens is 238 g/mol. The van der Waals surface area contributed by atoms with E-state index in [1.165, 1.54) is 0 Å². The minimum atomic E-state index is -1.20. The van der Waals surface area contributed by atoms with Gasteiger partial charge in [-0.3, -0.25) is 4.84 Å². The van der Waals surface area contributed by atoms with Gasteiger partial charge in [-0.2, -0.15) is 5.48 Å². The Morgan fingerprint density at radius 3 is 2.62 bits per heavy atom. The van der Waals surface area contributed by atoms with E-state index in [0.717, 1.165) is 10.0 Å². The van der Waals surface area contributed by atoms with Gasteiger partial charge < -0.3 is 5.11 Å². The summed E-state index contributed by atoms with van der Waals surface area (Å²) in [5.41, 5.74) is 2.71. The third-order valence-electron chi connectivity index (χ3n) is 1.31. The second-order valence-electron chi connectivity index (χ2n) is 2.32. The second-order valence-corrected chi connectivity index (χ2v) is 3.24. The Hall–Kier alpha value is -1.07. The fraction of sp³-hybridized carbons (Fsp3) is 0.125. The summed E-state index contributed by atoms with van der Waals surface area (Å²) in [6, 6.07) is 7.40. The van der Waals surface area contributed by atoms with Crippen LogP contribution >= 0.6 is 15.9 Å². The molecule has 1 aromatic rings. The normalized spacial score (nSPS) is 9.62. The Labute approximate surface area is 83.6 Å². The van der Waals surface area contributed by atoms with E-state index in [-0.39, 0.29) is 6.61 Å². The van der Waals surface area contributed by atoms with Gasteiger partial charge in [-0.05, 0) is 17.7 Å². The number of rotatable bonds is 3. The van der Waals surface area contributed by atoms with Crippen molar-refractivity contribution in [2.75, 3.05) is 0 Å². The zero-order chi connectivity index (χ0) is 9.68. The minimum Gasteiger partial charge on any atom is -0.464 e. The molecule has 0 aliphatic carbocycles. The Balaban J connectivity index is 2.37. The molecule has 2 N–H and O–H groups in total. The first-order valence-corrected chi connectivity index (χ1v) is 4.33. The molecule has 1 aromatic carbocycles. The summed E-state index contributed by atoms with van der Waals surface area (Å²) in [6.45, 7) is 0.222. The molecule has 0 fully saturated rings. The van der Waals surface area contributed by atoms with Crippen LogP contribution in [0, 0.1) is 0 Å². The molecule has 5 heteroatoms. The molecule has 0 aromatic heterocycles. The van der Waals surface area contributed by atoms with E-state index < -0.39 is 6.09 Å². The number of benzene rings is 1. The van der Waals surface area contributed by atoms with E-state index in [0.29, 0.717) is 0 Å². The number of carbonyl (C=O) groups is 1. The van der Waals surface area contributed by atoms with Gasteiger partial charge in [-0.15, -0.1) is 0 Å². The van der Waals surface area contributed by atoms with Crippen LogP contribution in [0.4, 0.5) is 4.79 Å². The summed E-state index contributed by atoms with van der Waals surface area (Å²) < 4.78 is 0.974. The van der Waals surface area contributed by atoms with Gasteiger partial charge in [0, 0.05) is 4.47 Å². The van der Waals surface area contributed by atoms with Gasteiger partial charge >= 0.3 is 6.09 Å². The zero-order valence-corrected chi connectivity index (χ0v) is 8.24. The molecule has 0 bridgehead atoms. The quantitative estimate of drug-likeness (QED) is 0.803. The van der Waals surface area contributed by atoms with E-state index in [1.807, 2.05) is 29.7 Å². The van der Waals surface area contributed by atoms with Gasteiger partial charge in [0.05, 0.1) is 6.61 Å². The van der Waals surface area contributed by atoms with Crippen molar-refractivity contribution in [1.82, 2.24) is 5.48 Å². The van der Waals surface area contributed by atoms with Crippen molar-refractivity contribution >= 4 is 22.0 Å². The van der Waals surface area contributed by atoms with Crippen LogP contribution in [0.2, 0.25) is 0 Å². The summed E-state index contributed by atoms with van der Waals surface area (Å²) in [6.07, 6.45) is -1.20. The Morgan fingerprint density at radius 2 is 2.08 bits per heavy atom. The molecule has 0 radical (unpaired) electrons. The van der Waals surface area contributed by atoms with Crippen LogP contribution in [0.3, 0.4) is 0 Å². The van der Waals surface area contributed by atoms with Gasteiger partial charge in [0.1, 0.15) is 0 Å². The first kappa shape index (κ1) is 10.0. The molecule has 0 saturated carbocycles. The van der Waals surface area contributed by atoms with Crippen molar-refractivity contribution in [3.05, 3.63) is 34.3 Å². The molecular formula is C8H8BrNO3. The highest BCUT2D eigenvalue weighted by molar-refractivity contribution is 9.10. The zero-order valence-electron chi connectivity index (χ0n) is 6.66. The first-order chi connectivity index (χ1) is 6.18. The van der Waals surface area contributed by atoms with E-state index in [2.05, 4.69) is 20.8 Å². The number of amides is 1. The lowest BCUT2D eigenvalue weighted by molar-refractivity contribution is 0.0315. The Bertz CT molecular complexity index is 286. The molecule has 13 heavy (non-hydrogen) atoms. The van der Waals surface area contributed by atoms with E-state index in [4.69, 9.17) is 5.11 Å². The number of carboxylic acid groups (broad SMARTS) is 1.